The summed E-state index contributed by atoms with van der Waals surface area (Å²) in [7, 11) is 3.74. The Morgan fingerprint density at radius 2 is 1.93 bits per heavy atom. The molecule has 44 heavy (non-hydrogen) atoms. The summed E-state index contributed by atoms with van der Waals surface area (Å²) >= 11 is 0. The molecule has 2 unspecified atom stereocenters. The Morgan fingerprint density at radius 3 is 2.64 bits per heavy atom. The molecule has 3 aromatic carbocycles. The summed E-state index contributed by atoms with van der Waals surface area (Å²) in [4.78, 5) is 24.9. The standard InChI is InChI=1S/C33H37F2N5O4/c1-5-20-15-40(14-18(2)36-20)30-24-12-26(34)27(23-11-21(41)10-19-8-6-7-9-22(19)23)28(35)29(24)37-32(38-30)44-17-33(16-39(3)4)13-25(33)31(42)43/h6-12,18,20,25,36,41H,5,13-17H2,1-4H3,(H,42,43)/t18-,20-,25?,33?/m1/s1. The third-order valence-corrected chi connectivity index (χ3v) is 8.81. The predicted molar refractivity (Wildman–Crippen MR) is 165 cm³/mol. The Bertz CT molecular complexity index is 1750. The Balaban J connectivity index is 1.50. The number of carboxylic acids is 1. The minimum absolute atomic E-state index is 0.0372. The smallest absolute Gasteiger partial charge is 0.319 e. The number of nitrogens with one attached hydrogen (secondary N) is 1. The molecule has 2 fully saturated rings. The molecule has 2 heterocycles. The molecule has 0 bridgehead atoms. The van der Waals surface area contributed by atoms with E-state index in [2.05, 4.69) is 22.2 Å². The van der Waals surface area contributed by atoms with Crippen LogP contribution in [0.4, 0.5) is 14.6 Å². The molecule has 4 atom stereocenters. The highest BCUT2D eigenvalue weighted by molar-refractivity contribution is 6.01. The van der Waals surface area contributed by atoms with Gasteiger partial charge in [-0.3, -0.25) is 4.79 Å². The molecule has 11 heteroatoms. The van der Waals surface area contributed by atoms with Gasteiger partial charge in [0.2, 0.25) is 0 Å². The number of aromatic hydroxyl groups is 1. The molecule has 232 valence electrons. The average Bonchev–Trinajstić information content (AvgIpc) is 3.69. The molecule has 1 saturated heterocycles. The summed E-state index contributed by atoms with van der Waals surface area (Å²) < 4.78 is 38.8. The number of carboxylic acid groups (broad SMARTS) is 1. The molecule has 6 rings (SSSR count). The number of aromatic nitrogens is 2. The first-order valence-electron chi connectivity index (χ1n) is 14.9. The van der Waals surface area contributed by atoms with E-state index < -0.39 is 28.9 Å². The highest BCUT2D eigenvalue weighted by atomic mass is 19.1. The van der Waals surface area contributed by atoms with E-state index in [-0.39, 0.29) is 52.5 Å². The van der Waals surface area contributed by atoms with Gasteiger partial charge in [-0.1, -0.05) is 31.2 Å². The third-order valence-electron chi connectivity index (χ3n) is 8.81. The third kappa shape index (κ3) is 5.50. The topological polar surface area (TPSA) is 111 Å². The van der Waals surface area contributed by atoms with Gasteiger partial charge in [0.1, 0.15) is 22.9 Å². The van der Waals surface area contributed by atoms with Gasteiger partial charge in [0.15, 0.2) is 5.82 Å². The number of rotatable bonds is 9. The van der Waals surface area contributed by atoms with Crippen LogP contribution in [-0.4, -0.2) is 83.5 Å². The fraction of sp³-hybridized carbons (Fsp3) is 0.424. The van der Waals surface area contributed by atoms with E-state index in [1.807, 2.05) is 30.8 Å². The molecular weight excluding hydrogens is 568 g/mol. The summed E-state index contributed by atoms with van der Waals surface area (Å²) in [6, 6.07) is 11.4. The molecule has 1 aliphatic heterocycles. The first-order valence-corrected chi connectivity index (χ1v) is 14.9. The van der Waals surface area contributed by atoms with Crippen LogP contribution in [0.25, 0.3) is 32.8 Å². The van der Waals surface area contributed by atoms with Gasteiger partial charge in [0, 0.05) is 42.5 Å². The zero-order valence-corrected chi connectivity index (χ0v) is 25.3. The maximum absolute atomic E-state index is 16.7. The number of nitrogens with zero attached hydrogens (tertiary/aromatic N) is 4. The molecule has 1 aromatic heterocycles. The highest BCUT2D eigenvalue weighted by Crippen LogP contribution is 2.53. The van der Waals surface area contributed by atoms with Crippen molar-refractivity contribution in [2.45, 2.75) is 38.8 Å². The lowest BCUT2D eigenvalue weighted by Crippen LogP contribution is -2.55. The van der Waals surface area contributed by atoms with Crippen LogP contribution >= 0.6 is 0 Å². The number of fused-ring (bicyclic) bond motifs is 2. The number of phenols is 1. The number of piperazine rings is 1. The maximum Gasteiger partial charge on any atom is 0.319 e. The lowest BCUT2D eigenvalue weighted by molar-refractivity contribution is -0.139. The van der Waals surface area contributed by atoms with E-state index in [4.69, 9.17) is 4.74 Å². The van der Waals surface area contributed by atoms with E-state index in [9.17, 15) is 15.0 Å². The van der Waals surface area contributed by atoms with Gasteiger partial charge in [0.05, 0.1) is 18.1 Å². The maximum atomic E-state index is 16.7. The van der Waals surface area contributed by atoms with Crippen LogP contribution in [0.1, 0.15) is 26.7 Å². The van der Waals surface area contributed by atoms with Crippen molar-refractivity contribution in [1.29, 1.82) is 0 Å². The van der Waals surface area contributed by atoms with Crippen molar-refractivity contribution in [3.05, 3.63) is 54.1 Å². The molecule has 0 radical (unpaired) electrons. The van der Waals surface area contributed by atoms with Crippen LogP contribution < -0.4 is 15.0 Å². The fourth-order valence-electron chi connectivity index (χ4n) is 6.73. The fourth-order valence-corrected chi connectivity index (χ4v) is 6.73. The van der Waals surface area contributed by atoms with Crippen molar-refractivity contribution in [1.82, 2.24) is 20.2 Å². The number of ether oxygens (including phenoxy) is 1. The largest absolute Gasteiger partial charge is 0.508 e. The number of anilines is 1. The van der Waals surface area contributed by atoms with Crippen LogP contribution in [0.15, 0.2) is 42.5 Å². The summed E-state index contributed by atoms with van der Waals surface area (Å²) in [5.74, 6) is -2.91. The number of hydrogen-bond donors (Lipinski definition) is 3. The van der Waals surface area contributed by atoms with Gasteiger partial charge in [-0.05, 0) is 68.4 Å². The Labute approximate surface area is 254 Å². The predicted octanol–water partition coefficient (Wildman–Crippen LogP) is 5.04. The second-order valence-corrected chi connectivity index (χ2v) is 12.5. The summed E-state index contributed by atoms with van der Waals surface area (Å²) in [6.45, 7) is 5.77. The lowest BCUT2D eigenvalue weighted by atomic mass is 9.95. The van der Waals surface area contributed by atoms with Gasteiger partial charge in [-0.25, -0.2) is 8.78 Å². The first-order chi connectivity index (χ1) is 21.0. The SMILES string of the molecule is CC[C@@H]1CN(c2nc(OCC3(CN(C)C)CC3C(=O)O)nc3c(F)c(-c4cc(O)cc5ccccc45)c(F)cc23)C[C@@H](C)N1. The van der Waals surface area contributed by atoms with E-state index in [0.717, 1.165) is 6.42 Å². The number of halogens is 2. The van der Waals surface area contributed by atoms with Gasteiger partial charge < -0.3 is 30.1 Å². The van der Waals surface area contributed by atoms with Crippen molar-refractivity contribution in [2.75, 3.05) is 45.2 Å². The van der Waals surface area contributed by atoms with Crippen molar-refractivity contribution >= 4 is 33.5 Å². The molecular formula is C33H37F2N5O4. The second kappa shape index (κ2) is 11.4. The Kier molecular flexibility index (Phi) is 7.79. The lowest BCUT2D eigenvalue weighted by Gasteiger charge is -2.38. The quantitative estimate of drug-likeness (QED) is 0.242. The van der Waals surface area contributed by atoms with E-state index in [1.54, 1.807) is 30.3 Å². The van der Waals surface area contributed by atoms with Crippen molar-refractivity contribution in [3.8, 4) is 22.9 Å². The van der Waals surface area contributed by atoms with Gasteiger partial charge in [-0.15, -0.1) is 0 Å². The van der Waals surface area contributed by atoms with E-state index >= 15 is 8.78 Å². The molecule has 1 aliphatic carbocycles. The summed E-state index contributed by atoms with van der Waals surface area (Å²) in [5, 5.41) is 25.1. The van der Waals surface area contributed by atoms with Crippen LogP contribution in [0.2, 0.25) is 0 Å². The van der Waals surface area contributed by atoms with E-state index in [0.29, 0.717) is 42.6 Å². The Morgan fingerprint density at radius 1 is 1.16 bits per heavy atom. The highest BCUT2D eigenvalue weighted by Gasteiger charge is 2.59. The minimum Gasteiger partial charge on any atom is -0.508 e. The molecule has 0 amide bonds. The normalized spacial score (nSPS) is 23.4. The van der Waals surface area contributed by atoms with Crippen LogP contribution in [0, 0.1) is 23.0 Å². The van der Waals surface area contributed by atoms with Crippen molar-refractivity contribution in [2.24, 2.45) is 11.3 Å². The van der Waals surface area contributed by atoms with Crippen LogP contribution in [-0.2, 0) is 4.79 Å². The minimum atomic E-state index is -0.891. The molecule has 2 aliphatic rings. The summed E-state index contributed by atoms with van der Waals surface area (Å²) in [5.41, 5.74) is -0.843. The molecule has 9 nitrogen and oxygen atoms in total. The van der Waals surface area contributed by atoms with Crippen molar-refractivity contribution in [3.63, 3.8) is 0 Å². The van der Waals surface area contributed by atoms with E-state index in [1.165, 1.54) is 12.1 Å². The number of hydrogen-bond acceptors (Lipinski definition) is 8. The van der Waals surface area contributed by atoms with Gasteiger partial charge >= 0.3 is 12.0 Å². The number of carbonyl (C=O) groups is 1. The Hall–Kier alpha value is -4.09. The number of aliphatic carboxylic acids is 1. The molecule has 0 spiro atoms. The van der Waals surface area contributed by atoms with Gasteiger partial charge in [-0.2, -0.15) is 9.97 Å². The number of phenolic OH excluding ortho intramolecular Hbond substituents is 1. The summed E-state index contributed by atoms with van der Waals surface area (Å²) in [6.07, 6.45) is 1.30. The average molecular weight is 606 g/mol. The van der Waals surface area contributed by atoms with Gasteiger partial charge in [0.25, 0.3) is 0 Å². The molecule has 4 aromatic rings. The second-order valence-electron chi connectivity index (χ2n) is 12.5. The first kappa shape index (κ1) is 30.0. The zero-order chi connectivity index (χ0) is 31.3. The zero-order valence-electron chi connectivity index (χ0n) is 25.3. The van der Waals surface area contributed by atoms with Crippen LogP contribution in [0.3, 0.4) is 0 Å². The van der Waals surface area contributed by atoms with Crippen molar-refractivity contribution < 1.29 is 28.5 Å². The monoisotopic (exact) mass is 605 g/mol. The number of benzene rings is 3. The van der Waals surface area contributed by atoms with Crippen LogP contribution in [0.5, 0.6) is 11.8 Å². The molecule has 3 N–H and O–H groups in total. The molecule has 1 saturated carbocycles.